The Labute approximate surface area is 123 Å². The van der Waals surface area contributed by atoms with Gasteiger partial charge in [0.15, 0.2) is 0 Å². The van der Waals surface area contributed by atoms with Gasteiger partial charge >= 0.3 is 5.97 Å². The fraction of sp³-hybridized carbons (Fsp3) is 0.429. The average Bonchev–Trinajstić information content (AvgIpc) is 2.47. The molecule has 0 aliphatic carbocycles. The van der Waals surface area contributed by atoms with Crippen molar-refractivity contribution in [2.75, 3.05) is 6.54 Å². The first-order chi connectivity index (χ1) is 9.95. The number of carbonyl (C=O) groups is 1. The van der Waals surface area contributed by atoms with Crippen molar-refractivity contribution < 1.29 is 18.3 Å². The smallest absolute Gasteiger partial charge is 0.304 e. The number of benzene rings is 1. The number of hydrogen-bond donors (Lipinski definition) is 1. The lowest BCUT2D eigenvalue weighted by Gasteiger charge is -2.33. The first kappa shape index (κ1) is 15.5. The SMILES string of the molecule is N#Cc1cccc(S(=O)(=O)N2CCCCC2CC(=O)O)c1. The molecule has 1 atom stereocenters. The molecule has 6 nitrogen and oxygen atoms in total. The van der Waals surface area contributed by atoms with Crippen molar-refractivity contribution >= 4 is 16.0 Å². The number of nitrogens with zero attached hydrogens (tertiary/aromatic N) is 2. The van der Waals surface area contributed by atoms with E-state index in [-0.39, 0.29) is 16.9 Å². The molecule has 1 saturated heterocycles. The van der Waals surface area contributed by atoms with Gasteiger partial charge in [0.25, 0.3) is 0 Å². The maximum Gasteiger partial charge on any atom is 0.304 e. The van der Waals surface area contributed by atoms with Gasteiger partial charge in [-0.1, -0.05) is 12.5 Å². The monoisotopic (exact) mass is 308 g/mol. The molecule has 1 heterocycles. The van der Waals surface area contributed by atoms with Crippen LogP contribution in [-0.4, -0.2) is 36.4 Å². The molecule has 0 spiro atoms. The summed E-state index contributed by atoms with van der Waals surface area (Å²) in [5, 5.41) is 17.8. The summed E-state index contributed by atoms with van der Waals surface area (Å²) in [4.78, 5) is 11.0. The van der Waals surface area contributed by atoms with E-state index in [1.807, 2.05) is 6.07 Å². The summed E-state index contributed by atoms with van der Waals surface area (Å²) in [5.74, 6) is -1.01. The lowest BCUT2D eigenvalue weighted by molar-refractivity contribution is -0.138. The van der Waals surface area contributed by atoms with Crippen LogP contribution in [0.25, 0.3) is 0 Å². The Morgan fingerprint density at radius 1 is 1.43 bits per heavy atom. The van der Waals surface area contributed by atoms with Crippen LogP contribution in [0.1, 0.15) is 31.2 Å². The summed E-state index contributed by atoms with van der Waals surface area (Å²) in [6.45, 7) is 0.317. The van der Waals surface area contributed by atoms with Gasteiger partial charge in [-0.05, 0) is 31.0 Å². The standard InChI is InChI=1S/C14H16N2O4S/c15-10-11-4-3-6-13(8-11)21(19,20)16-7-2-1-5-12(16)9-14(17)18/h3-4,6,8,12H,1-2,5,7,9H2,(H,17,18). The van der Waals surface area contributed by atoms with Gasteiger partial charge in [-0.25, -0.2) is 8.42 Å². The van der Waals surface area contributed by atoms with Crippen molar-refractivity contribution in [3.05, 3.63) is 29.8 Å². The molecule has 2 rings (SSSR count). The van der Waals surface area contributed by atoms with Crippen LogP contribution in [0.4, 0.5) is 0 Å². The summed E-state index contributed by atoms with van der Waals surface area (Å²) in [7, 11) is -3.77. The van der Waals surface area contributed by atoms with Crippen molar-refractivity contribution in [2.24, 2.45) is 0 Å². The van der Waals surface area contributed by atoms with Crippen molar-refractivity contribution in [1.29, 1.82) is 5.26 Å². The molecule has 112 valence electrons. The van der Waals surface area contributed by atoms with Gasteiger partial charge in [0.2, 0.25) is 10.0 Å². The van der Waals surface area contributed by atoms with Gasteiger partial charge in [-0.3, -0.25) is 4.79 Å². The summed E-state index contributed by atoms with van der Waals surface area (Å²) in [6.07, 6.45) is 1.89. The Hall–Kier alpha value is -1.91. The van der Waals surface area contributed by atoms with Crippen LogP contribution in [0.15, 0.2) is 29.2 Å². The second-order valence-electron chi connectivity index (χ2n) is 5.00. The number of piperidine rings is 1. The zero-order valence-electron chi connectivity index (χ0n) is 11.4. The molecular formula is C14H16N2O4S. The molecule has 1 unspecified atom stereocenters. The van der Waals surface area contributed by atoms with E-state index in [0.717, 1.165) is 6.42 Å². The zero-order valence-corrected chi connectivity index (χ0v) is 12.2. The van der Waals surface area contributed by atoms with Crippen LogP contribution in [0.5, 0.6) is 0 Å². The molecule has 1 fully saturated rings. The lowest BCUT2D eigenvalue weighted by Crippen LogP contribution is -2.44. The Balaban J connectivity index is 2.36. The average molecular weight is 308 g/mol. The third-order valence-electron chi connectivity index (χ3n) is 3.55. The number of rotatable bonds is 4. The maximum absolute atomic E-state index is 12.7. The van der Waals surface area contributed by atoms with Gasteiger partial charge in [-0.2, -0.15) is 9.57 Å². The number of carboxylic acid groups (broad SMARTS) is 1. The van der Waals surface area contributed by atoms with E-state index >= 15 is 0 Å². The molecule has 1 aliphatic heterocycles. The highest BCUT2D eigenvalue weighted by Crippen LogP contribution is 2.27. The molecule has 1 aromatic rings. The largest absolute Gasteiger partial charge is 0.481 e. The van der Waals surface area contributed by atoms with Crippen LogP contribution in [-0.2, 0) is 14.8 Å². The molecule has 0 amide bonds. The predicted octanol–water partition coefficient (Wildman–Crippen LogP) is 1.58. The lowest BCUT2D eigenvalue weighted by atomic mass is 10.0. The Morgan fingerprint density at radius 3 is 2.86 bits per heavy atom. The fourth-order valence-electron chi connectivity index (χ4n) is 2.56. The van der Waals surface area contributed by atoms with Gasteiger partial charge in [0.05, 0.1) is 22.9 Å². The first-order valence-electron chi connectivity index (χ1n) is 6.69. The molecule has 0 radical (unpaired) electrons. The second-order valence-corrected chi connectivity index (χ2v) is 6.89. The minimum atomic E-state index is -3.77. The Bertz CT molecular complexity index is 678. The van der Waals surface area contributed by atoms with Crippen LogP contribution in [0.3, 0.4) is 0 Å². The highest BCUT2D eigenvalue weighted by molar-refractivity contribution is 7.89. The molecule has 1 aromatic carbocycles. The third kappa shape index (κ3) is 3.40. The van der Waals surface area contributed by atoms with Crippen molar-refractivity contribution in [2.45, 2.75) is 36.6 Å². The summed E-state index contributed by atoms with van der Waals surface area (Å²) in [5.41, 5.74) is 0.267. The molecular weight excluding hydrogens is 292 g/mol. The second kappa shape index (κ2) is 6.24. The summed E-state index contributed by atoms with van der Waals surface area (Å²) in [6, 6.07) is 7.19. The van der Waals surface area contributed by atoms with Gasteiger partial charge in [0, 0.05) is 12.6 Å². The normalized spacial score (nSPS) is 19.9. The molecule has 21 heavy (non-hydrogen) atoms. The maximum atomic E-state index is 12.7. The van der Waals surface area contributed by atoms with Crippen LogP contribution in [0.2, 0.25) is 0 Å². The molecule has 0 aromatic heterocycles. The number of nitriles is 1. The number of hydrogen-bond acceptors (Lipinski definition) is 4. The minimum Gasteiger partial charge on any atom is -0.481 e. The third-order valence-corrected chi connectivity index (χ3v) is 5.50. The number of sulfonamides is 1. The quantitative estimate of drug-likeness (QED) is 0.910. The summed E-state index contributed by atoms with van der Waals surface area (Å²) >= 11 is 0. The molecule has 1 N–H and O–H groups in total. The predicted molar refractivity (Wildman–Crippen MR) is 74.9 cm³/mol. The van der Waals surface area contributed by atoms with Crippen LogP contribution < -0.4 is 0 Å². The molecule has 1 aliphatic rings. The van der Waals surface area contributed by atoms with Gasteiger partial charge in [0.1, 0.15) is 0 Å². The van der Waals surface area contributed by atoms with E-state index in [1.165, 1.54) is 28.6 Å². The van der Waals surface area contributed by atoms with E-state index in [2.05, 4.69) is 0 Å². The van der Waals surface area contributed by atoms with Crippen molar-refractivity contribution in [1.82, 2.24) is 4.31 Å². The van der Waals surface area contributed by atoms with E-state index in [0.29, 0.717) is 19.4 Å². The van der Waals surface area contributed by atoms with Gasteiger partial charge < -0.3 is 5.11 Å². The zero-order chi connectivity index (χ0) is 15.5. The minimum absolute atomic E-state index is 0.0406. The van der Waals surface area contributed by atoms with Gasteiger partial charge in [-0.15, -0.1) is 0 Å². The van der Waals surface area contributed by atoms with E-state index in [9.17, 15) is 13.2 Å². The van der Waals surface area contributed by atoms with E-state index in [1.54, 1.807) is 0 Å². The highest BCUT2D eigenvalue weighted by Gasteiger charge is 2.34. The molecule has 0 bridgehead atoms. The summed E-state index contributed by atoms with van der Waals surface area (Å²) < 4.78 is 26.6. The van der Waals surface area contributed by atoms with Crippen LogP contribution in [0, 0.1) is 11.3 Å². The Morgan fingerprint density at radius 2 is 2.19 bits per heavy atom. The van der Waals surface area contributed by atoms with Crippen LogP contribution >= 0.6 is 0 Å². The fourth-order valence-corrected chi connectivity index (χ4v) is 4.30. The number of aliphatic carboxylic acids is 1. The molecule has 7 heteroatoms. The first-order valence-corrected chi connectivity index (χ1v) is 8.13. The van der Waals surface area contributed by atoms with Crippen molar-refractivity contribution in [3.8, 4) is 6.07 Å². The highest BCUT2D eigenvalue weighted by atomic mass is 32.2. The van der Waals surface area contributed by atoms with Crippen molar-refractivity contribution in [3.63, 3.8) is 0 Å². The topological polar surface area (TPSA) is 98.5 Å². The van der Waals surface area contributed by atoms with E-state index in [4.69, 9.17) is 10.4 Å². The number of carboxylic acids is 1. The molecule has 0 saturated carbocycles. The van der Waals surface area contributed by atoms with E-state index < -0.39 is 22.0 Å². The Kier molecular flexibility index (Phi) is 4.60.